The summed E-state index contributed by atoms with van der Waals surface area (Å²) in [4.78, 5) is 15.8. The fourth-order valence-electron chi connectivity index (χ4n) is 3.11. The second-order valence-electron chi connectivity index (χ2n) is 7.35. The Kier molecular flexibility index (Phi) is 8.53. The lowest BCUT2D eigenvalue weighted by atomic mass is 10.2. The van der Waals surface area contributed by atoms with Crippen molar-refractivity contribution in [1.82, 2.24) is 20.2 Å². The number of halogens is 1. The molecule has 0 amide bonds. The molecule has 0 saturated carbocycles. The molecule has 0 bridgehead atoms. The predicted molar refractivity (Wildman–Crippen MR) is 130 cm³/mol. The number of anilines is 2. The summed E-state index contributed by atoms with van der Waals surface area (Å²) in [6.07, 6.45) is 0. The third-order valence-electron chi connectivity index (χ3n) is 4.61. The number of guanidine groups is 1. The molecule has 10 heteroatoms. The smallest absolute Gasteiger partial charge is 0.229 e. The molecule has 0 unspecified atom stereocenters. The molecule has 1 aliphatic heterocycles. The van der Waals surface area contributed by atoms with Crippen LogP contribution in [-0.4, -0.2) is 65.3 Å². The Hall–Kier alpha value is -2.33. The number of aromatic nitrogens is 2. The largest absolute Gasteiger partial charge is 0.379 e. The maximum Gasteiger partial charge on any atom is 0.229 e. The molecule has 1 fully saturated rings. The molecule has 0 spiro atoms. The van der Waals surface area contributed by atoms with Gasteiger partial charge in [-0.3, -0.25) is 15.2 Å². The van der Waals surface area contributed by atoms with E-state index in [2.05, 4.69) is 35.8 Å². The molecule has 1 aliphatic rings. The molecule has 2 aromatic rings. The number of hydrogen-bond acceptors (Lipinski definition) is 6. The van der Waals surface area contributed by atoms with E-state index in [1.165, 1.54) is 0 Å². The van der Waals surface area contributed by atoms with E-state index in [1.54, 1.807) is 0 Å². The molecule has 0 atom stereocenters. The van der Waals surface area contributed by atoms with Crippen LogP contribution in [0.25, 0.3) is 0 Å². The lowest BCUT2D eigenvalue weighted by molar-refractivity contribution is 0.0394. The zero-order valence-electron chi connectivity index (χ0n) is 18.0. The van der Waals surface area contributed by atoms with Crippen LogP contribution in [0.5, 0.6) is 0 Å². The molecule has 0 aliphatic carbocycles. The van der Waals surface area contributed by atoms with Gasteiger partial charge in [-0.2, -0.15) is 0 Å². The van der Waals surface area contributed by atoms with Crippen LogP contribution in [0.4, 0.5) is 11.6 Å². The molecule has 8 nitrogen and oxygen atoms in total. The zero-order chi connectivity index (χ0) is 22.2. The van der Waals surface area contributed by atoms with Crippen LogP contribution in [0.3, 0.4) is 0 Å². The van der Waals surface area contributed by atoms with Crippen molar-refractivity contribution < 1.29 is 4.74 Å². The number of aliphatic imine (C=N–C) groups is 1. The molecule has 1 aromatic carbocycles. The average Bonchev–Trinajstić information content (AvgIpc) is 2.70. The molecular weight excluding hydrogens is 434 g/mol. The number of morpholine rings is 1. The van der Waals surface area contributed by atoms with Crippen molar-refractivity contribution in [2.24, 2.45) is 4.99 Å². The average molecular weight is 462 g/mol. The number of ether oxygens (including phenoxy) is 1. The number of benzene rings is 1. The first-order chi connectivity index (χ1) is 14.9. The topological polar surface area (TPSA) is 86.7 Å². The highest BCUT2D eigenvalue weighted by Gasteiger charge is 2.11. The van der Waals surface area contributed by atoms with E-state index in [1.807, 2.05) is 45.0 Å². The lowest BCUT2D eigenvalue weighted by Gasteiger charge is -2.25. The fraction of sp³-hybridized carbons (Fsp3) is 0.429. The predicted octanol–water partition coefficient (Wildman–Crippen LogP) is 3.14. The molecule has 1 saturated heterocycles. The van der Waals surface area contributed by atoms with Gasteiger partial charge < -0.3 is 15.4 Å². The van der Waals surface area contributed by atoms with Gasteiger partial charge in [0, 0.05) is 31.0 Å². The summed E-state index contributed by atoms with van der Waals surface area (Å²) in [7, 11) is 0. The first-order valence-electron chi connectivity index (χ1n) is 10.2. The van der Waals surface area contributed by atoms with E-state index >= 15 is 0 Å². The van der Waals surface area contributed by atoms with Crippen LogP contribution >= 0.6 is 23.8 Å². The maximum absolute atomic E-state index is 6.31. The van der Waals surface area contributed by atoms with Crippen molar-refractivity contribution in [2.75, 3.05) is 50.0 Å². The Labute approximate surface area is 193 Å². The summed E-state index contributed by atoms with van der Waals surface area (Å²) in [6, 6.07) is 7.65. The molecule has 1 aromatic heterocycles. The van der Waals surface area contributed by atoms with Crippen molar-refractivity contribution in [3.8, 4) is 0 Å². The minimum atomic E-state index is 0.368. The van der Waals surface area contributed by atoms with Gasteiger partial charge in [-0.1, -0.05) is 17.7 Å². The second kappa shape index (κ2) is 11.3. The van der Waals surface area contributed by atoms with Crippen LogP contribution in [0.2, 0.25) is 5.02 Å². The molecule has 0 radical (unpaired) electrons. The summed E-state index contributed by atoms with van der Waals surface area (Å²) < 4.78 is 5.40. The highest BCUT2D eigenvalue weighted by molar-refractivity contribution is 7.80. The Morgan fingerprint density at radius 3 is 2.52 bits per heavy atom. The summed E-state index contributed by atoms with van der Waals surface area (Å²) in [5.74, 6) is 0.935. The molecule has 166 valence electrons. The molecule has 3 rings (SSSR count). The Bertz CT molecular complexity index is 927. The molecular formula is C21H28ClN7OS. The van der Waals surface area contributed by atoms with Gasteiger partial charge in [0.25, 0.3) is 0 Å². The van der Waals surface area contributed by atoms with Gasteiger partial charge in [-0.05, 0) is 56.8 Å². The van der Waals surface area contributed by atoms with E-state index in [4.69, 9.17) is 28.6 Å². The lowest BCUT2D eigenvalue weighted by Crippen LogP contribution is -2.41. The maximum atomic E-state index is 6.31. The van der Waals surface area contributed by atoms with Gasteiger partial charge in [0.15, 0.2) is 5.11 Å². The minimum Gasteiger partial charge on any atom is -0.379 e. The highest BCUT2D eigenvalue weighted by Crippen LogP contribution is 2.22. The van der Waals surface area contributed by atoms with E-state index < -0.39 is 0 Å². The monoisotopic (exact) mass is 461 g/mol. The fourth-order valence-corrected chi connectivity index (χ4v) is 3.60. The highest BCUT2D eigenvalue weighted by atomic mass is 35.5. The minimum absolute atomic E-state index is 0.368. The van der Waals surface area contributed by atoms with Crippen molar-refractivity contribution >= 4 is 46.5 Å². The van der Waals surface area contributed by atoms with Crippen molar-refractivity contribution in [1.29, 1.82) is 0 Å². The third-order valence-corrected chi connectivity index (χ3v) is 5.12. The second-order valence-corrected chi connectivity index (χ2v) is 8.16. The quantitative estimate of drug-likeness (QED) is 0.355. The first kappa shape index (κ1) is 23.3. The van der Waals surface area contributed by atoms with Gasteiger partial charge in [-0.25, -0.2) is 9.97 Å². The Balaban J connectivity index is 1.68. The van der Waals surface area contributed by atoms with Gasteiger partial charge in [0.1, 0.15) is 0 Å². The van der Waals surface area contributed by atoms with Crippen molar-refractivity contribution in [3.63, 3.8) is 0 Å². The summed E-state index contributed by atoms with van der Waals surface area (Å²) >= 11 is 11.8. The van der Waals surface area contributed by atoms with E-state index in [0.29, 0.717) is 28.6 Å². The Morgan fingerprint density at radius 1 is 1.13 bits per heavy atom. The number of nitrogens with one attached hydrogen (secondary N) is 3. The standard InChI is InChI=1S/C21H28ClN7OS/c1-14-4-5-18(17(22)12-14)26-21(31)28-19(23-6-7-29-8-10-30-11-9-29)27-20-24-15(2)13-16(3)25-20/h4-5,12-13H,6-11H2,1-3H3,(H3,23,24,25,26,27,28,31). The summed E-state index contributed by atoms with van der Waals surface area (Å²) in [5.41, 5.74) is 3.54. The normalized spacial score (nSPS) is 14.9. The Morgan fingerprint density at radius 2 is 1.84 bits per heavy atom. The summed E-state index contributed by atoms with van der Waals surface area (Å²) in [6.45, 7) is 10.6. The first-order valence-corrected chi connectivity index (χ1v) is 11.0. The van der Waals surface area contributed by atoms with E-state index in [-0.39, 0.29) is 0 Å². The molecule has 2 heterocycles. The van der Waals surface area contributed by atoms with Crippen LogP contribution in [-0.2, 0) is 4.74 Å². The van der Waals surface area contributed by atoms with Crippen LogP contribution in [0, 0.1) is 20.8 Å². The van der Waals surface area contributed by atoms with Crippen LogP contribution in [0.1, 0.15) is 17.0 Å². The van der Waals surface area contributed by atoms with E-state index in [9.17, 15) is 0 Å². The van der Waals surface area contributed by atoms with Gasteiger partial charge in [0.05, 0.1) is 30.5 Å². The summed E-state index contributed by atoms with van der Waals surface area (Å²) in [5, 5.41) is 10.3. The number of aryl methyl sites for hydroxylation is 3. The van der Waals surface area contributed by atoms with Crippen molar-refractivity contribution in [2.45, 2.75) is 20.8 Å². The molecule has 31 heavy (non-hydrogen) atoms. The van der Waals surface area contributed by atoms with E-state index in [0.717, 1.165) is 55.5 Å². The van der Waals surface area contributed by atoms with Crippen molar-refractivity contribution in [3.05, 3.63) is 46.2 Å². The SMILES string of the molecule is Cc1ccc(NC(=S)NC(=NCCN2CCOCC2)Nc2nc(C)cc(C)n2)c(Cl)c1. The number of thiocarbonyl (C=S) groups is 1. The third kappa shape index (κ3) is 7.70. The number of hydrogen-bond donors (Lipinski definition) is 3. The zero-order valence-corrected chi connectivity index (χ0v) is 19.6. The molecule has 3 N–H and O–H groups in total. The van der Waals surface area contributed by atoms with Gasteiger partial charge in [0.2, 0.25) is 11.9 Å². The number of nitrogens with zero attached hydrogens (tertiary/aromatic N) is 4. The van der Waals surface area contributed by atoms with Gasteiger partial charge in [-0.15, -0.1) is 0 Å². The van der Waals surface area contributed by atoms with Gasteiger partial charge >= 0.3 is 0 Å². The van der Waals surface area contributed by atoms with Crippen LogP contribution in [0.15, 0.2) is 29.3 Å². The number of rotatable bonds is 5. The van der Waals surface area contributed by atoms with Crippen LogP contribution < -0.4 is 16.0 Å².